The highest BCUT2D eigenvalue weighted by atomic mass is 32.1. The molecule has 31 heavy (non-hydrogen) atoms. The van der Waals surface area contributed by atoms with Gasteiger partial charge in [-0.2, -0.15) is 0 Å². The number of rotatable bonds is 12. The fraction of sp³-hybridized carbons (Fsp3) is 0.381. The summed E-state index contributed by atoms with van der Waals surface area (Å²) >= 11 is 1.20. The van der Waals surface area contributed by atoms with Crippen LogP contribution in [0, 0.1) is 5.92 Å². The lowest BCUT2D eigenvalue weighted by atomic mass is 10.0. The van der Waals surface area contributed by atoms with Crippen LogP contribution in [-0.4, -0.2) is 42.2 Å². The summed E-state index contributed by atoms with van der Waals surface area (Å²) in [6.07, 6.45) is 1.24. The van der Waals surface area contributed by atoms with Gasteiger partial charge < -0.3 is 26.6 Å². The van der Waals surface area contributed by atoms with Crippen LogP contribution in [0.1, 0.15) is 37.0 Å². The Morgan fingerprint density at radius 2 is 1.84 bits per heavy atom. The largest absolute Gasteiger partial charge is 0.494 e. The van der Waals surface area contributed by atoms with E-state index < -0.39 is 23.9 Å². The van der Waals surface area contributed by atoms with E-state index in [-0.39, 0.29) is 5.56 Å². The molecule has 0 aliphatic heterocycles. The van der Waals surface area contributed by atoms with E-state index in [0.29, 0.717) is 42.7 Å². The van der Waals surface area contributed by atoms with E-state index in [1.807, 2.05) is 26.0 Å². The average molecular weight is 449 g/mol. The summed E-state index contributed by atoms with van der Waals surface area (Å²) < 4.78 is 5.71. The molecule has 0 saturated carbocycles. The maximum absolute atomic E-state index is 11.6. The minimum Gasteiger partial charge on any atom is -0.494 e. The van der Waals surface area contributed by atoms with E-state index in [1.54, 1.807) is 18.2 Å². The van der Waals surface area contributed by atoms with Gasteiger partial charge in [0, 0.05) is 4.88 Å². The smallest absolute Gasteiger partial charge is 0.320 e. The van der Waals surface area contributed by atoms with Gasteiger partial charge >= 0.3 is 12.0 Å². The molecule has 10 heteroatoms. The molecule has 0 aliphatic rings. The minimum absolute atomic E-state index is 0.198. The second-order valence-corrected chi connectivity index (χ2v) is 8.46. The number of anilines is 1. The molecule has 2 rings (SSSR count). The van der Waals surface area contributed by atoms with Crippen molar-refractivity contribution in [3.8, 4) is 16.2 Å². The summed E-state index contributed by atoms with van der Waals surface area (Å²) in [7, 11) is 0. The van der Waals surface area contributed by atoms with Crippen molar-refractivity contribution in [2.75, 3.05) is 18.5 Å². The number of carboxylic acid groups (broad SMARTS) is 1. The number of thiophene rings is 1. The molecular formula is C21H28N4O5S. The first-order chi connectivity index (χ1) is 14.7. The summed E-state index contributed by atoms with van der Waals surface area (Å²) in [6, 6.07) is 7.55. The van der Waals surface area contributed by atoms with Crippen molar-refractivity contribution in [2.24, 2.45) is 17.4 Å². The molecule has 2 aromatic rings. The van der Waals surface area contributed by atoms with E-state index >= 15 is 0 Å². The molecule has 0 spiro atoms. The van der Waals surface area contributed by atoms with E-state index in [4.69, 9.17) is 16.2 Å². The number of hydrogen-bond donors (Lipinski definition) is 5. The molecular weight excluding hydrogens is 420 g/mol. The number of nitrogens with two attached hydrogens (primary N) is 2. The van der Waals surface area contributed by atoms with Crippen molar-refractivity contribution < 1.29 is 24.2 Å². The Labute approximate surface area is 184 Å². The molecule has 0 fully saturated rings. The molecule has 1 aromatic carbocycles. The molecule has 0 unspecified atom stereocenters. The van der Waals surface area contributed by atoms with Gasteiger partial charge in [0.05, 0.1) is 12.2 Å². The Kier molecular flexibility index (Phi) is 8.83. The molecule has 1 atom stereocenters. The molecule has 0 aliphatic carbocycles. The zero-order valence-electron chi connectivity index (χ0n) is 17.5. The molecule has 0 saturated heterocycles. The average Bonchev–Trinajstić information content (AvgIpc) is 3.10. The molecule has 7 N–H and O–H groups in total. The standard InChI is InChI=1S/C21H28N4O5S/c1-12(2)10-16(20(27)28)24-8-3-9-30-14-6-4-13(5-7-14)17-11-15(18(22)26)19(31-17)25-21(23)29/h4-7,11-12,16,24H,3,8-10H2,1-2H3,(H2,22,26)(H,27,28)(H3,23,25,29)/t16-/m0/s1. The zero-order valence-corrected chi connectivity index (χ0v) is 18.3. The van der Waals surface area contributed by atoms with Crippen LogP contribution in [0.5, 0.6) is 5.75 Å². The fourth-order valence-electron chi connectivity index (χ4n) is 2.92. The van der Waals surface area contributed by atoms with Gasteiger partial charge in [-0.25, -0.2) is 4.79 Å². The molecule has 1 heterocycles. The Morgan fingerprint density at radius 3 is 2.39 bits per heavy atom. The molecule has 0 radical (unpaired) electrons. The first-order valence-electron chi connectivity index (χ1n) is 9.87. The van der Waals surface area contributed by atoms with E-state index in [1.165, 1.54) is 11.3 Å². The third kappa shape index (κ3) is 7.58. The van der Waals surface area contributed by atoms with Gasteiger partial charge in [0.25, 0.3) is 5.91 Å². The SMILES string of the molecule is CC(C)C[C@H](NCCCOc1ccc(-c2cc(C(N)=O)c(NC(N)=O)s2)cc1)C(=O)O. The monoisotopic (exact) mass is 448 g/mol. The lowest BCUT2D eigenvalue weighted by molar-refractivity contribution is -0.139. The van der Waals surface area contributed by atoms with Gasteiger partial charge in [0.15, 0.2) is 0 Å². The topological polar surface area (TPSA) is 157 Å². The van der Waals surface area contributed by atoms with Gasteiger partial charge in [-0.1, -0.05) is 13.8 Å². The Hall–Kier alpha value is -3.11. The normalized spacial score (nSPS) is 11.8. The van der Waals surface area contributed by atoms with Crippen LogP contribution in [0.15, 0.2) is 30.3 Å². The van der Waals surface area contributed by atoms with E-state index in [9.17, 15) is 19.5 Å². The summed E-state index contributed by atoms with van der Waals surface area (Å²) in [5.41, 5.74) is 11.5. The molecule has 168 valence electrons. The van der Waals surface area contributed by atoms with Crippen molar-refractivity contribution in [1.82, 2.24) is 5.32 Å². The Balaban J connectivity index is 1.89. The molecule has 3 amide bonds. The van der Waals surface area contributed by atoms with Crippen molar-refractivity contribution in [3.63, 3.8) is 0 Å². The van der Waals surface area contributed by atoms with Crippen molar-refractivity contribution in [2.45, 2.75) is 32.7 Å². The highest BCUT2D eigenvalue weighted by molar-refractivity contribution is 7.20. The quantitative estimate of drug-likeness (QED) is 0.314. The lowest BCUT2D eigenvalue weighted by Gasteiger charge is -2.16. The highest BCUT2D eigenvalue weighted by Crippen LogP contribution is 2.35. The summed E-state index contributed by atoms with van der Waals surface area (Å²) in [5.74, 6) is -0.526. The van der Waals surface area contributed by atoms with Crippen molar-refractivity contribution in [3.05, 3.63) is 35.9 Å². The second kappa shape index (κ2) is 11.3. The van der Waals surface area contributed by atoms with Crippen LogP contribution < -0.4 is 26.8 Å². The lowest BCUT2D eigenvalue weighted by Crippen LogP contribution is -2.38. The predicted molar refractivity (Wildman–Crippen MR) is 120 cm³/mol. The second-order valence-electron chi connectivity index (χ2n) is 7.41. The molecule has 9 nitrogen and oxygen atoms in total. The number of carboxylic acids is 1. The summed E-state index contributed by atoms with van der Waals surface area (Å²) in [5, 5.41) is 15.0. The van der Waals surface area contributed by atoms with Crippen LogP contribution >= 0.6 is 11.3 Å². The number of benzene rings is 1. The minimum atomic E-state index is -0.840. The summed E-state index contributed by atoms with van der Waals surface area (Å²) in [6.45, 7) is 4.97. The van der Waals surface area contributed by atoms with Crippen molar-refractivity contribution in [1.29, 1.82) is 0 Å². The third-order valence-electron chi connectivity index (χ3n) is 4.36. The van der Waals surface area contributed by atoms with Gasteiger partial charge in [0.2, 0.25) is 0 Å². The number of amides is 3. The number of hydrogen-bond acceptors (Lipinski definition) is 6. The first kappa shape index (κ1) is 24.2. The van der Waals surface area contributed by atoms with Crippen LogP contribution in [0.25, 0.3) is 10.4 Å². The number of nitrogens with one attached hydrogen (secondary N) is 2. The van der Waals surface area contributed by atoms with Gasteiger partial charge in [-0.3, -0.25) is 14.9 Å². The van der Waals surface area contributed by atoms with E-state index in [2.05, 4.69) is 10.6 Å². The fourth-order valence-corrected chi connectivity index (χ4v) is 3.99. The van der Waals surface area contributed by atoms with Crippen LogP contribution in [-0.2, 0) is 4.79 Å². The zero-order chi connectivity index (χ0) is 23.0. The maximum atomic E-state index is 11.6. The summed E-state index contributed by atoms with van der Waals surface area (Å²) in [4.78, 5) is 34.7. The van der Waals surface area contributed by atoms with Gasteiger partial charge in [-0.05, 0) is 61.2 Å². The predicted octanol–water partition coefficient (Wildman–Crippen LogP) is 2.86. The van der Waals surface area contributed by atoms with Gasteiger partial charge in [0.1, 0.15) is 16.8 Å². The van der Waals surface area contributed by atoms with Crippen LogP contribution in [0.3, 0.4) is 0 Å². The molecule has 0 bridgehead atoms. The Bertz CT molecular complexity index is 911. The molecule has 1 aromatic heterocycles. The first-order valence-corrected chi connectivity index (χ1v) is 10.7. The van der Waals surface area contributed by atoms with Crippen LogP contribution in [0.4, 0.5) is 9.80 Å². The number of carbonyl (C=O) groups is 3. The number of urea groups is 1. The Morgan fingerprint density at radius 1 is 1.16 bits per heavy atom. The third-order valence-corrected chi connectivity index (χ3v) is 5.46. The van der Waals surface area contributed by atoms with Crippen molar-refractivity contribution >= 4 is 34.2 Å². The van der Waals surface area contributed by atoms with Gasteiger partial charge in [-0.15, -0.1) is 11.3 Å². The number of ether oxygens (including phenoxy) is 1. The maximum Gasteiger partial charge on any atom is 0.320 e. The van der Waals surface area contributed by atoms with Crippen LogP contribution in [0.2, 0.25) is 0 Å². The number of carbonyl (C=O) groups excluding carboxylic acids is 2. The number of aliphatic carboxylic acids is 1. The number of primary amides is 2. The highest BCUT2D eigenvalue weighted by Gasteiger charge is 2.18. The van der Waals surface area contributed by atoms with E-state index in [0.717, 1.165) is 10.4 Å².